The molecule has 4 fully saturated rings. The van der Waals surface area contributed by atoms with Gasteiger partial charge in [0, 0.05) is 5.41 Å². The van der Waals surface area contributed by atoms with Crippen LogP contribution in [0.15, 0.2) is 0 Å². The smallest absolute Gasteiger partial charge is 0.376 e. The van der Waals surface area contributed by atoms with Crippen LogP contribution >= 0.6 is 0 Å². The van der Waals surface area contributed by atoms with E-state index in [0.29, 0.717) is 19.3 Å². The molecule has 0 heterocycles. The van der Waals surface area contributed by atoms with Gasteiger partial charge in [0.2, 0.25) is 0 Å². The third-order valence-electron chi connectivity index (χ3n) is 7.06. The summed E-state index contributed by atoms with van der Waals surface area (Å²) in [6.45, 7) is 4.19. The molecule has 3 nitrogen and oxygen atoms in total. The number of halogens is 6. The SMILES string of the molecule is CCC(C)OCCOC12CC3CC(C1)CC(C(O)(C(F)(F)F)C(F)(F)F)(C3)C2. The van der Waals surface area contributed by atoms with Crippen LogP contribution in [0.4, 0.5) is 26.3 Å². The van der Waals surface area contributed by atoms with E-state index in [9.17, 15) is 31.4 Å². The van der Waals surface area contributed by atoms with E-state index in [1.165, 1.54) is 0 Å². The maximum Gasteiger partial charge on any atom is 0.426 e. The van der Waals surface area contributed by atoms with Gasteiger partial charge in [-0.2, -0.15) is 26.3 Å². The standard InChI is InChI=1S/C19H28F6O3/c1-3-12(2)27-4-5-28-16-9-13-6-14(10-16)8-15(7-13,11-16)17(26,18(20,21)22)19(23,24)25/h12-14,26H,3-11H2,1-2H3. The molecule has 4 aliphatic carbocycles. The second kappa shape index (κ2) is 7.01. The van der Waals surface area contributed by atoms with Crippen molar-refractivity contribution in [3.05, 3.63) is 0 Å². The number of alkyl halides is 6. The van der Waals surface area contributed by atoms with Gasteiger partial charge in [0.1, 0.15) is 0 Å². The number of aliphatic hydroxyl groups is 1. The zero-order valence-corrected chi connectivity index (χ0v) is 16.1. The van der Waals surface area contributed by atoms with Gasteiger partial charge in [-0.1, -0.05) is 6.92 Å². The lowest BCUT2D eigenvalue weighted by molar-refractivity contribution is -0.423. The molecule has 9 heteroatoms. The molecular formula is C19H28F6O3. The molecule has 0 aliphatic heterocycles. The molecule has 4 saturated carbocycles. The van der Waals surface area contributed by atoms with Crippen LogP contribution in [0.3, 0.4) is 0 Å². The zero-order valence-electron chi connectivity index (χ0n) is 16.1. The van der Waals surface area contributed by atoms with Gasteiger partial charge in [-0.05, 0) is 63.7 Å². The molecular weight excluding hydrogens is 390 g/mol. The summed E-state index contributed by atoms with van der Waals surface area (Å²) >= 11 is 0. The maximum absolute atomic E-state index is 13.6. The molecule has 3 atom stereocenters. The van der Waals surface area contributed by atoms with E-state index in [2.05, 4.69) is 0 Å². The lowest BCUT2D eigenvalue weighted by Crippen LogP contribution is -2.73. The molecule has 4 rings (SSSR count). The Morgan fingerprint density at radius 1 is 0.964 bits per heavy atom. The topological polar surface area (TPSA) is 38.7 Å². The number of ether oxygens (including phenoxy) is 2. The molecule has 0 aromatic carbocycles. The highest BCUT2D eigenvalue weighted by molar-refractivity contribution is 5.19. The molecule has 3 unspecified atom stereocenters. The quantitative estimate of drug-likeness (QED) is 0.467. The van der Waals surface area contributed by atoms with Crippen LogP contribution in [0, 0.1) is 17.3 Å². The van der Waals surface area contributed by atoms with E-state index in [4.69, 9.17) is 9.47 Å². The summed E-state index contributed by atoms with van der Waals surface area (Å²) in [7, 11) is 0. The summed E-state index contributed by atoms with van der Waals surface area (Å²) < 4.78 is 93.3. The van der Waals surface area contributed by atoms with E-state index in [-0.39, 0.29) is 44.0 Å². The number of hydrogen-bond acceptors (Lipinski definition) is 3. The van der Waals surface area contributed by atoms with Crippen LogP contribution < -0.4 is 0 Å². The lowest BCUT2D eigenvalue weighted by Gasteiger charge is -2.65. The van der Waals surface area contributed by atoms with Crippen molar-refractivity contribution in [2.45, 2.75) is 88.5 Å². The highest BCUT2D eigenvalue weighted by atomic mass is 19.4. The summed E-state index contributed by atoms with van der Waals surface area (Å²) in [5.41, 5.74) is -8.05. The largest absolute Gasteiger partial charge is 0.426 e. The van der Waals surface area contributed by atoms with Gasteiger partial charge in [-0.3, -0.25) is 0 Å². The molecule has 0 amide bonds. The van der Waals surface area contributed by atoms with Gasteiger partial charge >= 0.3 is 12.4 Å². The van der Waals surface area contributed by atoms with E-state index < -0.39 is 35.4 Å². The molecule has 0 spiro atoms. The monoisotopic (exact) mass is 418 g/mol. The van der Waals surface area contributed by atoms with Gasteiger partial charge in [0.05, 0.1) is 24.9 Å². The Hall–Kier alpha value is -0.540. The average molecular weight is 418 g/mol. The van der Waals surface area contributed by atoms with Crippen molar-refractivity contribution in [1.29, 1.82) is 0 Å². The van der Waals surface area contributed by atoms with Gasteiger partial charge < -0.3 is 14.6 Å². The summed E-state index contributed by atoms with van der Waals surface area (Å²) in [4.78, 5) is 0. The Balaban J connectivity index is 1.85. The lowest BCUT2D eigenvalue weighted by atomic mass is 9.43. The Labute approximate surface area is 160 Å². The molecule has 28 heavy (non-hydrogen) atoms. The Kier molecular flexibility index (Phi) is 5.55. The highest BCUT2D eigenvalue weighted by Gasteiger charge is 2.82. The third kappa shape index (κ3) is 3.45. The predicted octanol–water partition coefficient (Wildman–Crippen LogP) is 5.01. The van der Waals surface area contributed by atoms with Gasteiger partial charge in [-0.25, -0.2) is 0 Å². The molecule has 164 valence electrons. The second-order valence-corrected chi connectivity index (χ2v) is 9.07. The van der Waals surface area contributed by atoms with Crippen molar-refractivity contribution < 1.29 is 40.9 Å². The fourth-order valence-electron chi connectivity index (χ4n) is 6.16. The average Bonchev–Trinajstić information content (AvgIpc) is 2.54. The molecule has 0 aromatic heterocycles. The van der Waals surface area contributed by atoms with E-state index in [1.807, 2.05) is 13.8 Å². The van der Waals surface area contributed by atoms with Crippen molar-refractivity contribution in [1.82, 2.24) is 0 Å². The Bertz CT molecular complexity index is 545. The fraction of sp³-hybridized carbons (Fsp3) is 1.00. The summed E-state index contributed by atoms with van der Waals surface area (Å²) in [5.74, 6) is -0.596. The first-order chi connectivity index (χ1) is 12.8. The van der Waals surface area contributed by atoms with Gasteiger partial charge in [0.15, 0.2) is 0 Å². The van der Waals surface area contributed by atoms with Crippen LogP contribution in [0.1, 0.15) is 58.8 Å². The third-order valence-corrected chi connectivity index (χ3v) is 7.06. The minimum Gasteiger partial charge on any atom is -0.376 e. The van der Waals surface area contributed by atoms with Crippen molar-refractivity contribution in [2.24, 2.45) is 17.3 Å². The van der Waals surface area contributed by atoms with Crippen LogP contribution in [-0.4, -0.2) is 48.0 Å². The van der Waals surface area contributed by atoms with Crippen LogP contribution in [0.2, 0.25) is 0 Å². The summed E-state index contributed by atoms with van der Waals surface area (Å²) in [6, 6.07) is 0. The van der Waals surface area contributed by atoms with E-state index in [1.54, 1.807) is 0 Å². The first-order valence-electron chi connectivity index (χ1n) is 9.89. The normalized spacial score (nSPS) is 36.8. The summed E-state index contributed by atoms with van der Waals surface area (Å²) in [5, 5.41) is 10.2. The Morgan fingerprint density at radius 3 is 1.96 bits per heavy atom. The minimum absolute atomic E-state index is 0.00635. The maximum atomic E-state index is 13.6. The van der Waals surface area contributed by atoms with Crippen molar-refractivity contribution >= 4 is 0 Å². The molecule has 0 radical (unpaired) electrons. The Morgan fingerprint density at radius 2 is 1.50 bits per heavy atom. The van der Waals surface area contributed by atoms with Gasteiger partial charge in [0.25, 0.3) is 5.60 Å². The van der Waals surface area contributed by atoms with Crippen LogP contribution in [-0.2, 0) is 9.47 Å². The number of rotatable bonds is 7. The van der Waals surface area contributed by atoms with Crippen molar-refractivity contribution in [3.8, 4) is 0 Å². The summed E-state index contributed by atoms with van der Waals surface area (Å²) in [6.07, 6.45) is -10.3. The van der Waals surface area contributed by atoms with Crippen LogP contribution in [0.25, 0.3) is 0 Å². The fourth-order valence-corrected chi connectivity index (χ4v) is 6.16. The zero-order chi connectivity index (χ0) is 21.0. The molecule has 4 bridgehead atoms. The predicted molar refractivity (Wildman–Crippen MR) is 88.6 cm³/mol. The van der Waals surface area contributed by atoms with Crippen LogP contribution in [0.5, 0.6) is 0 Å². The van der Waals surface area contributed by atoms with Gasteiger partial charge in [-0.15, -0.1) is 0 Å². The molecule has 1 N–H and O–H groups in total. The number of hydrogen-bond donors (Lipinski definition) is 1. The van der Waals surface area contributed by atoms with Crippen molar-refractivity contribution in [3.63, 3.8) is 0 Å². The first kappa shape index (κ1) is 22.2. The van der Waals surface area contributed by atoms with Crippen molar-refractivity contribution in [2.75, 3.05) is 13.2 Å². The molecule has 0 saturated heterocycles. The highest BCUT2D eigenvalue weighted by Crippen LogP contribution is 2.70. The second-order valence-electron chi connectivity index (χ2n) is 9.07. The minimum atomic E-state index is -5.79. The van der Waals surface area contributed by atoms with E-state index in [0.717, 1.165) is 6.42 Å². The first-order valence-corrected chi connectivity index (χ1v) is 9.89. The van der Waals surface area contributed by atoms with E-state index >= 15 is 0 Å². The molecule has 4 aliphatic rings. The molecule has 0 aromatic rings.